The van der Waals surface area contributed by atoms with E-state index in [1.54, 1.807) is 6.92 Å². The molecule has 0 aliphatic carbocycles. The molecule has 6 heteroatoms. The molecular weight excluding hydrogens is 192 g/mol. The lowest BCUT2D eigenvalue weighted by Crippen LogP contribution is -2.56. The van der Waals surface area contributed by atoms with E-state index >= 15 is 0 Å². The number of aliphatic hydroxyl groups is 2. The van der Waals surface area contributed by atoms with Crippen LogP contribution in [0.3, 0.4) is 0 Å². The van der Waals surface area contributed by atoms with Gasteiger partial charge >= 0.3 is 5.97 Å². The molecule has 0 aromatic rings. The Kier molecular flexibility index (Phi) is 3.43. The molecule has 1 heterocycles. The second-order valence-electron chi connectivity index (χ2n) is 3.34. The van der Waals surface area contributed by atoms with Crippen LogP contribution >= 0.6 is 0 Å². The maximum atomic E-state index is 10.7. The number of methoxy groups -OCH3 is 1. The molecule has 1 rings (SSSR count). The van der Waals surface area contributed by atoms with Gasteiger partial charge in [-0.1, -0.05) is 6.92 Å². The van der Waals surface area contributed by atoms with E-state index in [1.807, 2.05) is 0 Å². The summed E-state index contributed by atoms with van der Waals surface area (Å²) in [5, 5.41) is 27.4. The van der Waals surface area contributed by atoms with Gasteiger partial charge in [0.1, 0.15) is 6.10 Å². The lowest BCUT2D eigenvalue weighted by Gasteiger charge is -2.39. The second-order valence-corrected chi connectivity index (χ2v) is 3.34. The van der Waals surface area contributed by atoms with Crippen molar-refractivity contribution in [2.75, 3.05) is 7.11 Å². The Bertz CT molecular complexity index is 218. The third-order valence-electron chi connectivity index (χ3n) is 2.43. The topological polar surface area (TPSA) is 96.2 Å². The standard InChI is InChI=1S/C8H14O6/c1-3-5(13-2)4(9)8(12)14-6(3)7(10)11/h3-6,8-9,12H,1-2H3,(H,10,11). The average molecular weight is 206 g/mol. The molecule has 1 fully saturated rings. The van der Waals surface area contributed by atoms with Gasteiger partial charge in [0.25, 0.3) is 0 Å². The molecule has 0 amide bonds. The number of carboxylic acids is 1. The zero-order valence-corrected chi connectivity index (χ0v) is 7.95. The normalized spacial score (nSPS) is 43.6. The van der Waals surface area contributed by atoms with E-state index in [2.05, 4.69) is 0 Å². The van der Waals surface area contributed by atoms with Crippen LogP contribution in [0.4, 0.5) is 0 Å². The number of hydrogen-bond donors (Lipinski definition) is 3. The highest BCUT2D eigenvalue weighted by Gasteiger charge is 2.45. The molecule has 82 valence electrons. The van der Waals surface area contributed by atoms with E-state index < -0.39 is 36.5 Å². The first-order valence-corrected chi connectivity index (χ1v) is 4.26. The highest BCUT2D eigenvalue weighted by atomic mass is 16.6. The summed E-state index contributed by atoms with van der Waals surface area (Å²) in [5.41, 5.74) is 0. The summed E-state index contributed by atoms with van der Waals surface area (Å²) in [5.74, 6) is -1.69. The largest absolute Gasteiger partial charge is 0.479 e. The lowest BCUT2D eigenvalue weighted by molar-refractivity contribution is -0.269. The molecule has 0 spiro atoms. The SMILES string of the molecule is COC1C(C)C(C(=O)O)OC(O)C1O. The van der Waals surface area contributed by atoms with Crippen molar-refractivity contribution in [2.24, 2.45) is 5.92 Å². The molecule has 1 saturated heterocycles. The van der Waals surface area contributed by atoms with Crippen LogP contribution in [-0.4, -0.2) is 53.0 Å². The molecule has 1 aliphatic rings. The number of carbonyl (C=O) groups is 1. The average Bonchev–Trinajstić information content (AvgIpc) is 2.12. The van der Waals surface area contributed by atoms with Crippen LogP contribution in [0.25, 0.3) is 0 Å². The maximum absolute atomic E-state index is 10.7. The van der Waals surface area contributed by atoms with Crippen molar-refractivity contribution in [2.45, 2.75) is 31.5 Å². The van der Waals surface area contributed by atoms with Crippen LogP contribution < -0.4 is 0 Å². The van der Waals surface area contributed by atoms with E-state index in [4.69, 9.17) is 14.6 Å². The molecule has 0 radical (unpaired) electrons. The molecule has 5 unspecified atom stereocenters. The van der Waals surface area contributed by atoms with Gasteiger partial charge in [-0.05, 0) is 0 Å². The number of ether oxygens (including phenoxy) is 2. The predicted octanol–water partition coefficient (Wildman–Crippen LogP) is -1.20. The Hall–Kier alpha value is -0.690. The van der Waals surface area contributed by atoms with Crippen molar-refractivity contribution in [1.29, 1.82) is 0 Å². The molecule has 0 saturated carbocycles. The number of aliphatic carboxylic acids is 1. The number of rotatable bonds is 2. The van der Waals surface area contributed by atoms with Crippen LogP contribution in [0.5, 0.6) is 0 Å². The van der Waals surface area contributed by atoms with Crippen molar-refractivity contribution >= 4 is 5.97 Å². The molecule has 1 aliphatic heterocycles. The molecule has 0 bridgehead atoms. The van der Waals surface area contributed by atoms with Crippen LogP contribution in [0.1, 0.15) is 6.92 Å². The summed E-state index contributed by atoms with van der Waals surface area (Å²) in [7, 11) is 1.35. The first kappa shape index (κ1) is 11.4. The quantitative estimate of drug-likeness (QED) is 0.525. The molecule has 5 atom stereocenters. The van der Waals surface area contributed by atoms with Crippen LogP contribution in [0, 0.1) is 5.92 Å². The fraction of sp³-hybridized carbons (Fsp3) is 0.875. The van der Waals surface area contributed by atoms with Crippen molar-refractivity contribution in [3.05, 3.63) is 0 Å². The minimum atomic E-state index is -1.52. The van der Waals surface area contributed by atoms with Crippen LogP contribution in [0.15, 0.2) is 0 Å². The van der Waals surface area contributed by atoms with Gasteiger partial charge in [0.15, 0.2) is 12.4 Å². The summed E-state index contributed by atoms with van der Waals surface area (Å²) >= 11 is 0. The summed E-state index contributed by atoms with van der Waals surface area (Å²) in [6.45, 7) is 1.59. The predicted molar refractivity (Wildman–Crippen MR) is 44.5 cm³/mol. The maximum Gasteiger partial charge on any atom is 0.333 e. The summed E-state index contributed by atoms with van der Waals surface area (Å²) < 4.78 is 9.64. The zero-order valence-electron chi connectivity index (χ0n) is 7.95. The van der Waals surface area contributed by atoms with Gasteiger partial charge in [-0.2, -0.15) is 0 Å². The third kappa shape index (κ3) is 1.88. The van der Waals surface area contributed by atoms with Gasteiger partial charge < -0.3 is 24.8 Å². The minimum Gasteiger partial charge on any atom is -0.479 e. The van der Waals surface area contributed by atoms with E-state index in [0.29, 0.717) is 0 Å². The summed E-state index contributed by atoms with van der Waals surface area (Å²) in [4.78, 5) is 10.7. The van der Waals surface area contributed by atoms with Crippen molar-refractivity contribution in [3.63, 3.8) is 0 Å². The third-order valence-corrected chi connectivity index (χ3v) is 2.43. The molecule has 0 aromatic carbocycles. The van der Waals surface area contributed by atoms with Gasteiger partial charge in [0.2, 0.25) is 0 Å². The highest BCUT2D eigenvalue weighted by Crippen LogP contribution is 2.26. The van der Waals surface area contributed by atoms with E-state index in [-0.39, 0.29) is 0 Å². The van der Waals surface area contributed by atoms with E-state index in [1.165, 1.54) is 7.11 Å². The first-order valence-electron chi connectivity index (χ1n) is 4.26. The van der Waals surface area contributed by atoms with Gasteiger partial charge in [-0.3, -0.25) is 0 Å². The lowest BCUT2D eigenvalue weighted by atomic mass is 9.90. The molecule has 6 nitrogen and oxygen atoms in total. The number of carboxylic acid groups (broad SMARTS) is 1. The molecular formula is C8H14O6. The monoisotopic (exact) mass is 206 g/mol. The summed E-state index contributed by atoms with van der Waals surface area (Å²) in [6, 6.07) is 0. The first-order chi connectivity index (χ1) is 6.49. The van der Waals surface area contributed by atoms with Crippen molar-refractivity contribution in [1.82, 2.24) is 0 Å². The molecule has 14 heavy (non-hydrogen) atoms. The Morgan fingerprint density at radius 1 is 1.43 bits per heavy atom. The summed E-state index contributed by atoms with van der Waals surface area (Å²) in [6.07, 6.45) is -4.62. The van der Waals surface area contributed by atoms with Crippen LogP contribution in [0.2, 0.25) is 0 Å². The minimum absolute atomic E-state index is 0.518. The Labute approximate surface area is 81.1 Å². The van der Waals surface area contributed by atoms with Gasteiger partial charge in [0.05, 0.1) is 6.10 Å². The fourth-order valence-corrected chi connectivity index (χ4v) is 1.64. The van der Waals surface area contributed by atoms with Crippen molar-refractivity contribution < 1.29 is 29.6 Å². The van der Waals surface area contributed by atoms with Crippen molar-refractivity contribution in [3.8, 4) is 0 Å². The van der Waals surface area contributed by atoms with Gasteiger partial charge in [0, 0.05) is 13.0 Å². The zero-order chi connectivity index (χ0) is 10.9. The Morgan fingerprint density at radius 2 is 2.00 bits per heavy atom. The fourth-order valence-electron chi connectivity index (χ4n) is 1.64. The highest BCUT2D eigenvalue weighted by molar-refractivity contribution is 5.73. The van der Waals surface area contributed by atoms with E-state index in [9.17, 15) is 15.0 Å². The smallest absolute Gasteiger partial charge is 0.333 e. The molecule has 3 N–H and O–H groups in total. The van der Waals surface area contributed by atoms with E-state index in [0.717, 1.165) is 0 Å². The Morgan fingerprint density at radius 3 is 2.43 bits per heavy atom. The number of hydrogen-bond acceptors (Lipinski definition) is 5. The van der Waals surface area contributed by atoms with Gasteiger partial charge in [-0.25, -0.2) is 4.79 Å². The Balaban J connectivity index is 2.80. The second kappa shape index (κ2) is 4.22. The van der Waals surface area contributed by atoms with Gasteiger partial charge in [-0.15, -0.1) is 0 Å². The number of aliphatic hydroxyl groups excluding tert-OH is 2. The molecule has 0 aromatic heterocycles. The van der Waals surface area contributed by atoms with Crippen LogP contribution in [-0.2, 0) is 14.3 Å².